The Labute approximate surface area is 137 Å². The normalized spacial score (nSPS) is 11.0. The molecular formula is C16H16IN3O. The van der Waals surface area contributed by atoms with Crippen LogP contribution in [0, 0.1) is 10.5 Å². The second-order valence-corrected chi connectivity index (χ2v) is 5.99. The summed E-state index contributed by atoms with van der Waals surface area (Å²) in [5.74, 6) is 1.60. The number of hydrogen-bond acceptors (Lipinski definition) is 3. The van der Waals surface area contributed by atoms with Crippen molar-refractivity contribution in [3.63, 3.8) is 0 Å². The monoisotopic (exact) mass is 393 g/mol. The summed E-state index contributed by atoms with van der Waals surface area (Å²) >= 11 is 2.23. The van der Waals surface area contributed by atoms with E-state index in [9.17, 15) is 0 Å². The fourth-order valence-electron chi connectivity index (χ4n) is 2.51. The van der Waals surface area contributed by atoms with E-state index >= 15 is 0 Å². The molecule has 3 aromatic rings. The van der Waals surface area contributed by atoms with Crippen molar-refractivity contribution in [3.8, 4) is 5.75 Å². The maximum Gasteiger partial charge on any atom is 0.135 e. The lowest BCUT2D eigenvalue weighted by Gasteiger charge is -2.11. The number of nitrogens with zero attached hydrogens (tertiary/aromatic N) is 2. The molecule has 2 N–H and O–H groups in total. The van der Waals surface area contributed by atoms with Gasteiger partial charge < -0.3 is 10.5 Å². The molecule has 0 aliphatic rings. The van der Waals surface area contributed by atoms with E-state index in [0.29, 0.717) is 12.4 Å². The van der Waals surface area contributed by atoms with Crippen LogP contribution in [-0.2, 0) is 6.54 Å². The predicted molar refractivity (Wildman–Crippen MR) is 93.7 cm³/mol. The van der Waals surface area contributed by atoms with Crippen molar-refractivity contribution in [2.75, 3.05) is 12.8 Å². The molecule has 0 aliphatic heterocycles. The van der Waals surface area contributed by atoms with E-state index in [1.165, 1.54) is 10.9 Å². The van der Waals surface area contributed by atoms with Crippen LogP contribution in [0.15, 0.2) is 36.4 Å². The van der Waals surface area contributed by atoms with E-state index in [2.05, 4.69) is 45.9 Å². The van der Waals surface area contributed by atoms with Crippen LogP contribution in [0.1, 0.15) is 11.3 Å². The van der Waals surface area contributed by atoms with E-state index in [1.54, 1.807) is 7.11 Å². The molecule has 2 aromatic carbocycles. The molecule has 0 saturated carbocycles. The number of nitrogens with two attached hydrogens (primary N) is 1. The summed E-state index contributed by atoms with van der Waals surface area (Å²) in [4.78, 5) is 0. The fourth-order valence-corrected chi connectivity index (χ4v) is 2.90. The number of aryl methyl sites for hydroxylation is 1. The number of anilines is 1. The Balaban J connectivity index is 2.11. The molecule has 0 aliphatic carbocycles. The number of methoxy groups -OCH3 is 1. The van der Waals surface area contributed by atoms with E-state index in [4.69, 9.17) is 10.5 Å². The highest BCUT2D eigenvalue weighted by Crippen LogP contribution is 2.29. The molecule has 1 aromatic heterocycles. The van der Waals surface area contributed by atoms with Gasteiger partial charge in [0.05, 0.1) is 22.9 Å². The number of aromatic nitrogens is 2. The van der Waals surface area contributed by atoms with Gasteiger partial charge in [0.1, 0.15) is 11.6 Å². The molecule has 5 heteroatoms. The lowest BCUT2D eigenvalue weighted by Crippen LogP contribution is -2.07. The molecule has 0 saturated heterocycles. The molecule has 4 nitrogen and oxygen atoms in total. The molecule has 0 fully saturated rings. The Morgan fingerprint density at radius 2 is 1.90 bits per heavy atom. The molecule has 0 spiro atoms. The van der Waals surface area contributed by atoms with E-state index in [1.807, 2.05) is 29.8 Å². The minimum Gasteiger partial charge on any atom is -0.496 e. The second kappa shape index (κ2) is 5.55. The smallest absolute Gasteiger partial charge is 0.135 e. The van der Waals surface area contributed by atoms with Crippen LogP contribution >= 0.6 is 22.6 Å². The summed E-state index contributed by atoms with van der Waals surface area (Å²) in [6.45, 7) is 2.63. The number of hydrogen-bond donors (Lipinski definition) is 1. The average Bonchev–Trinajstić information content (AvgIpc) is 2.75. The molecule has 108 valence electrons. The Kier molecular flexibility index (Phi) is 3.75. The van der Waals surface area contributed by atoms with Crippen LogP contribution in [0.25, 0.3) is 10.8 Å². The summed E-state index contributed by atoms with van der Waals surface area (Å²) in [6.07, 6.45) is 0. The second-order valence-electron chi connectivity index (χ2n) is 4.91. The number of rotatable bonds is 3. The molecule has 1 heterocycles. The first-order valence-corrected chi connectivity index (χ1v) is 7.72. The molecule has 0 atom stereocenters. The zero-order valence-electron chi connectivity index (χ0n) is 11.9. The zero-order valence-corrected chi connectivity index (χ0v) is 14.1. The van der Waals surface area contributed by atoms with Crippen LogP contribution < -0.4 is 10.5 Å². The van der Waals surface area contributed by atoms with Gasteiger partial charge in [-0.05, 0) is 46.5 Å². The minimum absolute atomic E-state index is 0.653. The van der Waals surface area contributed by atoms with Crippen molar-refractivity contribution in [2.45, 2.75) is 13.5 Å². The van der Waals surface area contributed by atoms with Crippen LogP contribution in [0.3, 0.4) is 0 Å². The number of ether oxygens (including phenoxy) is 1. The van der Waals surface area contributed by atoms with Crippen molar-refractivity contribution >= 4 is 39.2 Å². The van der Waals surface area contributed by atoms with Gasteiger partial charge in [-0.25, -0.2) is 4.68 Å². The van der Waals surface area contributed by atoms with Crippen LogP contribution in [0.4, 0.5) is 5.82 Å². The van der Waals surface area contributed by atoms with Gasteiger partial charge in [-0.1, -0.05) is 30.3 Å². The number of benzene rings is 2. The Morgan fingerprint density at radius 1 is 1.19 bits per heavy atom. The predicted octanol–water partition coefficient (Wildman–Crippen LogP) is 3.59. The van der Waals surface area contributed by atoms with Gasteiger partial charge >= 0.3 is 0 Å². The lowest BCUT2D eigenvalue weighted by atomic mass is 10.0. The number of halogens is 1. The minimum atomic E-state index is 0.653. The van der Waals surface area contributed by atoms with Gasteiger partial charge in [-0.3, -0.25) is 0 Å². The summed E-state index contributed by atoms with van der Waals surface area (Å²) < 4.78 is 8.30. The molecule has 0 amide bonds. The largest absolute Gasteiger partial charge is 0.496 e. The highest BCUT2D eigenvalue weighted by Gasteiger charge is 2.12. The summed E-state index contributed by atoms with van der Waals surface area (Å²) in [7, 11) is 1.69. The topological polar surface area (TPSA) is 53.1 Å². The fraction of sp³-hybridized carbons (Fsp3) is 0.188. The van der Waals surface area contributed by atoms with Gasteiger partial charge in [0.15, 0.2) is 0 Å². The molecular weight excluding hydrogens is 377 g/mol. The summed E-state index contributed by atoms with van der Waals surface area (Å²) in [5, 5.41) is 6.78. The van der Waals surface area contributed by atoms with E-state index in [0.717, 1.165) is 20.4 Å². The van der Waals surface area contributed by atoms with Crippen molar-refractivity contribution in [1.82, 2.24) is 9.78 Å². The van der Waals surface area contributed by atoms with Gasteiger partial charge in [-0.2, -0.15) is 5.10 Å². The third-order valence-corrected chi connectivity index (χ3v) is 4.94. The van der Waals surface area contributed by atoms with Gasteiger partial charge in [0, 0.05) is 5.39 Å². The van der Waals surface area contributed by atoms with Crippen molar-refractivity contribution in [2.24, 2.45) is 0 Å². The van der Waals surface area contributed by atoms with Crippen LogP contribution in [-0.4, -0.2) is 16.9 Å². The van der Waals surface area contributed by atoms with Gasteiger partial charge in [-0.15, -0.1) is 0 Å². The third kappa shape index (κ3) is 2.46. The Morgan fingerprint density at radius 3 is 2.52 bits per heavy atom. The first-order valence-electron chi connectivity index (χ1n) is 6.65. The van der Waals surface area contributed by atoms with Crippen molar-refractivity contribution in [1.29, 1.82) is 0 Å². The SMILES string of the molecule is COc1ccc(Cn2nc(C)c(I)c2N)c2ccccc12. The molecule has 3 rings (SSSR count). The maximum absolute atomic E-state index is 6.12. The highest BCUT2D eigenvalue weighted by atomic mass is 127. The Bertz CT molecular complexity index is 811. The summed E-state index contributed by atoms with van der Waals surface area (Å²) in [6, 6.07) is 12.3. The quantitative estimate of drug-likeness (QED) is 0.692. The number of fused-ring (bicyclic) bond motifs is 1. The van der Waals surface area contributed by atoms with Crippen molar-refractivity contribution < 1.29 is 4.74 Å². The summed E-state index contributed by atoms with van der Waals surface area (Å²) in [5.41, 5.74) is 8.26. The standard InChI is InChI=1S/C16H16IN3O/c1-10-15(17)16(18)20(19-10)9-11-7-8-14(21-2)13-6-4-3-5-12(11)13/h3-8H,9,18H2,1-2H3. The van der Waals surface area contributed by atoms with Crippen LogP contribution in [0.5, 0.6) is 5.75 Å². The first-order chi connectivity index (χ1) is 10.1. The first kappa shape index (κ1) is 14.2. The average molecular weight is 393 g/mol. The van der Waals surface area contributed by atoms with E-state index < -0.39 is 0 Å². The van der Waals surface area contributed by atoms with Crippen LogP contribution in [0.2, 0.25) is 0 Å². The lowest BCUT2D eigenvalue weighted by molar-refractivity contribution is 0.419. The zero-order chi connectivity index (χ0) is 15.0. The maximum atomic E-state index is 6.12. The van der Waals surface area contributed by atoms with E-state index in [-0.39, 0.29) is 0 Å². The van der Waals surface area contributed by atoms with Crippen molar-refractivity contribution in [3.05, 3.63) is 51.2 Å². The molecule has 21 heavy (non-hydrogen) atoms. The van der Waals surface area contributed by atoms with Gasteiger partial charge in [0.25, 0.3) is 0 Å². The Hall–Kier alpha value is -1.76. The highest BCUT2D eigenvalue weighted by molar-refractivity contribution is 14.1. The number of nitrogen functional groups attached to an aromatic ring is 1. The molecule has 0 bridgehead atoms. The van der Waals surface area contributed by atoms with Gasteiger partial charge in [0.2, 0.25) is 0 Å². The molecule has 0 unspecified atom stereocenters. The molecule has 0 radical (unpaired) electrons. The third-order valence-electron chi connectivity index (χ3n) is 3.61.